The van der Waals surface area contributed by atoms with Crippen LogP contribution in [-0.2, 0) is 10.3 Å². The van der Waals surface area contributed by atoms with E-state index in [-0.39, 0.29) is 5.69 Å². The Bertz CT molecular complexity index is 1230. The second-order valence-corrected chi connectivity index (χ2v) is 7.51. The maximum atomic E-state index is 12.8. The van der Waals surface area contributed by atoms with Crippen molar-refractivity contribution in [3.8, 4) is 11.5 Å². The molecule has 1 unspecified atom stereocenters. The average molecular weight is 416 g/mol. The largest absolute Gasteiger partial charge is 0.456 e. The molecule has 31 heavy (non-hydrogen) atoms. The number of nitrogens with zero attached hydrogens (tertiary/aromatic N) is 2. The zero-order valence-electron chi connectivity index (χ0n) is 17.1. The summed E-state index contributed by atoms with van der Waals surface area (Å²) in [5.74, 6) is 0.531. The standard InChI is InChI=1S/C24H20N2O5/c1-3-25(4-2)15-9-11-19-22(14-15)30-21-12-10-16(26(28)29)13-20(21)24(19)18-8-6-5-7-17(18)23(27)31-24/h5-14H,3-4H2,1-2H3. The van der Waals surface area contributed by atoms with E-state index >= 15 is 0 Å². The quantitative estimate of drug-likeness (QED) is 0.338. The van der Waals surface area contributed by atoms with Gasteiger partial charge in [0.25, 0.3) is 5.69 Å². The first kappa shape index (κ1) is 19.1. The van der Waals surface area contributed by atoms with E-state index in [0.29, 0.717) is 33.8 Å². The van der Waals surface area contributed by atoms with E-state index in [9.17, 15) is 14.9 Å². The van der Waals surface area contributed by atoms with Crippen LogP contribution < -0.4 is 9.64 Å². The predicted octanol–water partition coefficient (Wildman–Crippen LogP) is 5.01. The highest BCUT2D eigenvalue weighted by molar-refractivity contribution is 5.97. The van der Waals surface area contributed by atoms with Crippen LogP contribution in [0.1, 0.15) is 40.9 Å². The lowest BCUT2D eigenvalue weighted by Gasteiger charge is -2.37. The molecule has 0 saturated heterocycles. The molecule has 156 valence electrons. The van der Waals surface area contributed by atoms with Crippen LogP contribution >= 0.6 is 0 Å². The van der Waals surface area contributed by atoms with Crippen LogP contribution in [0.25, 0.3) is 0 Å². The highest BCUT2D eigenvalue weighted by atomic mass is 16.6. The smallest absolute Gasteiger partial charge is 0.340 e. The number of fused-ring (bicyclic) bond motifs is 6. The normalized spacial score (nSPS) is 17.9. The number of carbonyl (C=O) groups is 1. The minimum atomic E-state index is -1.30. The second kappa shape index (κ2) is 6.84. The van der Waals surface area contributed by atoms with Crippen molar-refractivity contribution in [3.05, 3.63) is 93.0 Å². The molecule has 0 amide bonds. The molecule has 0 radical (unpaired) electrons. The maximum absolute atomic E-state index is 12.8. The molecule has 3 aromatic rings. The van der Waals surface area contributed by atoms with Gasteiger partial charge in [-0.25, -0.2) is 4.79 Å². The van der Waals surface area contributed by atoms with Crippen LogP contribution in [0.4, 0.5) is 11.4 Å². The van der Waals surface area contributed by atoms with Crippen LogP contribution in [0.15, 0.2) is 60.7 Å². The molecule has 3 aromatic carbocycles. The second-order valence-electron chi connectivity index (χ2n) is 7.51. The summed E-state index contributed by atoms with van der Waals surface area (Å²) in [5, 5.41) is 11.5. The number of non-ortho nitro benzene ring substituents is 1. The highest BCUT2D eigenvalue weighted by Gasteiger charge is 2.54. The number of ether oxygens (including phenoxy) is 2. The lowest BCUT2D eigenvalue weighted by Crippen LogP contribution is -2.33. The summed E-state index contributed by atoms with van der Waals surface area (Å²) < 4.78 is 12.2. The van der Waals surface area contributed by atoms with Crippen molar-refractivity contribution < 1.29 is 19.2 Å². The number of nitro benzene ring substituents is 1. The van der Waals surface area contributed by atoms with Gasteiger partial charge in [-0.05, 0) is 38.1 Å². The zero-order chi connectivity index (χ0) is 21.8. The van der Waals surface area contributed by atoms with Gasteiger partial charge in [0.2, 0.25) is 0 Å². The van der Waals surface area contributed by atoms with E-state index in [1.165, 1.54) is 12.1 Å². The number of rotatable bonds is 4. The van der Waals surface area contributed by atoms with Crippen molar-refractivity contribution in [1.29, 1.82) is 0 Å². The molecule has 2 aliphatic heterocycles. The number of hydrogen-bond acceptors (Lipinski definition) is 6. The summed E-state index contributed by atoms with van der Waals surface area (Å²) in [7, 11) is 0. The summed E-state index contributed by atoms with van der Waals surface area (Å²) in [6.07, 6.45) is 0. The van der Waals surface area contributed by atoms with Gasteiger partial charge in [0.05, 0.1) is 16.1 Å². The summed E-state index contributed by atoms with van der Waals surface area (Å²) in [6.45, 7) is 5.82. The summed E-state index contributed by atoms with van der Waals surface area (Å²) >= 11 is 0. The number of hydrogen-bond donors (Lipinski definition) is 0. The van der Waals surface area contributed by atoms with Crippen molar-refractivity contribution in [2.24, 2.45) is 0 Å². The van der Waals surface area contributed by atoms with Gasteiger partial charge in [0, 0.05) is 48.1 Å². The Labute approximate surface area is 179 Å². The number of esters is 1. The molecule has 0 N–H and O–H groups in total. The number of nitro groups is 1. The third-order valence-corrected chi connectivity index (χ3v) is 6.02. The zero-order valence-corrected chi connectivity index (χ0v) is 17.1. The molecule has 1 spiro atoms. The van der Waals surface area contributed by atoms with Crippen LogP contribution in [0.2, 0.25) is 0 Å². The Kier molecular flexibility index (Phi) is 4.22. The monoisotopic (exact) mass is 416 g/mol. The number of carbonyl (C=O) groups excluding carboxylic acids is 1. The minimum Gasteiger partial charge on any atom is -0.456 e. The van der Waals surface area contributed by atoms with E-state index in [0.717, 1.165) is 18.8 Å². The summed E-state index contributed by atoms with van der Waals surface area (Å²) in [4.78, 5) is 26.1. The van der Waals surface area contributed by atoms with E-state index in [2.05, 4.69) is 18.7 Å². The van der Waals surface area contributed by atoms with Crippen molar-refractivity contribution in [1.82, 2.24) is 0 Å². The molecule has 0 bridgehead atoms. The van der Waals surface area contributed by atoms with E-state index in [4.69, 9.17) is 9.47 Å². The molecule has 0 aromatic heterocycles. The Balaban J connectivity index is 1.81. The molecule has 0 aliphatic carbocycles. The predicted molar refractivity (Wildman–Crippen MR) is 115 cm³/mol. The van der Waals surface area contributed by atoms with Crippen molar-refractivity contribution in [2.45, 2.75) is 19.4 Å². The van der Waals surface area contributed by atoms with Crippen molar-refractivity contribution in [2.75, 3.05) is 18.0 Å². The van der Waals surface area contributed by atoms with Crippen LogP contribution in [0, 0.1) is 10.1 Å². The van der Waals surface area contributed by atoms with Crippen molar-refractivity contribution in [3.63, 3.8) is 0 Å². The SMILES string of the molecule is CCN(CC)c1ccc2c(c1)Oc1ccc([N+](=O)[O-])cc1C21OC(=O)c2ccccc21. The summed E-state index contributed by atoms with van der Waals surface area (Å²) in [5.41, 5.74) is 1.79. The molecule has 7 nitrogen and oxygen atoms in total. The molecular weight excluding hydrogens is 396 g/mol. The van der Waals surface area contributed by atoms with E-state index in [1.54, 1.807) is 18.2 Å². The lowest BCUT2D eigenvalue weighted by atomic mass is 9.77. The number of anilines is 1. The molecule has 2 aliphatic rings. The van der Waals surface area contributed by atoms with Gasteiger partial charge in [-0.15, -0.1) is 0 Å². The molecule has 0 fully saturated rings. The molecule has 1 atom stereocenters. The number of benzene rings is 3. The van der Waals surface area contributed by atoms with E-state index < -0.39 is 16.5 Å². The molecule has 5 rings (SSSR count). The highest BCUT2D eigenvalue weighted by Crippen LogP contribution is 2.57. The fourth-order valence-corrected chi connectivity index (χ4v) is 4.55. The topological polar surface area (TPSA) is 81.9 Å². The fourth-order valence-electron chi connectivity index (χ4n) is 4.55. The molecule has 0 saturated carbocycles. The Morgan fingerprint density at radius 2 is 1.71 bits per heavy atom. The van der Waals surface area contributed by atoms with Gasteiger partial charge in [0.1, 0.15) is 11.5 Å². The third-order valence-electron chi connectivity index (χ3n) is 6.02. The Morgan fingerprint density at radius 3 is 2.45 bits per heavy atom. The average Bonchev–Trinajstić information content (AvgIpc) is 3.08. The van der Waals surface area contributed by atoms with Crippen LogP contribution in [-0.4, -0.2) is 24.0 Å². The minimum absolute atomic E-state index is 0.0923. The van der Waals surface area contributed by atoms with E-state index in [1.807, 2.05) is 30.3 Å². The maximum Gasteiger partial charge on any atom is 0.340 e. The van der Waals surface area contributed by atoms with Gasteiger partial charge in [0.15, 0.2) is 5.60 Å². The van der Waals surface area contributed by atoms with Crippen molar-refractivity contribution >= 4 is 17.3 Å². The molecule has 2 heterocycles. The Hall–Kier alpha value is -3.87. The first-order chi connectivity index (χ1) is 15.0. The van der Waals surface area contributed by atoms with Gasteiger partial charge in [-0.3, -0.25) is 10.1 Å². The fraction of sp³-hybridized carbons (Fsp3) is 0.208. The Morgan fingerprint density at radius 1 is 0.935 bits per heavy atom. The van der Waals surface area contributed by atoms with Gasteiger partial charge < -0.3 is 14.4 Å². The van der Waals surface area contributed by atoms with Gasteiger partial charge >= 0.3 is 5.97 Å². The summed E-state index contributed by atoms with van der Waals surface area (Å²) in [6, 6.07) is 17.3. The molecule has 7 heteroatoms. The first-order valence-electron chi connectivity index (χ1n) is 10.2. The third kappa shape index (κ3) is 2.63. The lowest BCUT2D eigenvalue weighted by molar-refractivity contribution is -0.385. The first-order valence-corrected chi connectivity index (χ1v) is 10.2. The van der Waals surface area contributed by atoms with Crippen LogP contribution in [0.5, 0.6) is 11.5 Å². The molecular formula is C24H20N2O5. The van der Waals surface area contributed by atoms with Gasteiger partial charge in [-0.2, -0.15) is 0 Å². The van der Waals surface area contributed by atoms with Crippen LogP contribution in [0.3, 0.4) is 0 Å². The van der Waals surface area contributed by atoms with Gasteiger partial charge in [-0.1, -0.05) is 18.2 Å².